The topological polar surface area (TPSA) is 57.4 Å². The summed E-state index contributed by atoms with van der Waals surface area (Å²) in [6.45, 7) is 0. The second-order valence-corrected chi connectivity index (χ2v) is 11.9. The van der Waals surface area contributed by atoms with Gasteiger partial charge in [-0.15, -0.1) is 0 Å². The summed E-state index contributed by atoms with van der Waals surface area (Å²) in [5, 5.41) is -4.91. The first-order valence-corrected chi connectivity index (χ1v) is 14.9. The summed E-state index contributed by atoms with van der Waals surface area (Å²) < 4.78 is 61.1. The van der Waals surface area contributed by atoms with E-state index in [1.807, 2.05) is 84.9 Å². The molecule has 44 heavy (non-hydrogen) atoms. The molecule has 5 heterocycles. The highest BCUT2D eigenvalue weighted by atomic mass is 127. The van der Waals surface area contributed by atoms with Crippen molar-refractivity contribution in [2.24, 2.45) is 0 Å². The number of fused-ring (bicyclic) bond motifs is 8. The molecule has 2 aliphatic rings. The molecule has 7 rings (SSSR count). The van der Waals surface area contributed by atoms with Crippen LogP contribution in [-0.4, -0.2) is 25.3 Å². The van der Waals surface area contributed by atoms with Gasteiger partial charge in [0.1, 0.15) is 0 Å². The Morgan fingerprint density at radius 1 is 0.591 bits per heavy atom. The number of nitrogens with one attached hydrogen (secondary N) is 2. The Balaban J connectivity index is 1.69. The fraction of sp³-hybridized carbons (Fsp3) is 0.0588. The molecule has 0 amide bonds. The first kappa shape index (κ1) is 28.5. The predicted molar refractivity (Wildman–Crippen MR) is 177 cm³/mol. The van der Waals surface area contributed by atoms with Crippen LogP contribution in [-0.2, 0) is 5.92 Å². The van der Waals surface area contributed by atoms with Crippen molar-refractivity contribution in [1.29, 1.82) is 0 Å². The largest absolute Gasteiger partial charge is 0.388 e. The highest BCUT2D eigenvalue weighted by Crippen LogP contribution is 2.49. The zero-order chi connectivity index (χ0) is 30.6. The first-order valence-electron chi connectivity index (χ1n) is 13.5. The van der Waals surface area contributed by atoms with Crippen molar-refractivity contribution >= 4 is 80.6 Å². The van der Waals surface area contributed by atoms with Crippen LogP contribution >= 0.6 is 34.2 Å². The minimum atomic E-state index is -4.91. The Hall–Kier alpha value is -4.22. The van der Waals surface area contributed by atoms with Gasteiger partial charge in [-0.25, -0.2) is 9.97 Å². The molecular formula is C34H20ClF4IN4. The zero-order valence-corrected chi connectivity index (χ0v) is 25.5. The van der Waals surface area contributed by atoms with Gasteiger partial charge in [0.05, 0.1) is 33.9 Å². The Labute approximate surface area is 267 Å². The lowest BCUT2D eigenvalue weighted by molar-refractivity contribution is -0.164. The highest BCUT2D eigenvalue weighted by molar-refractivity contribution is 14.1. The minimum absolute atomic E-state index is 0.318. The van der Waals surface area contributed by atoms with Crippen molar-refractivity contribution in [3.8, 4) is 22.3 Å². The van der Waals surface area contributed by atoms with Crippen LogP contribution in [0, 0.1) is 3.57 Å². The number of H-pyrrole nitrogens is 2. The van der Waals surface area contributed by atoms with Crippen molar-refractivity contribution in [2.45, 2.75) is 11.3 Å². The number of nitrogens with zero attached hydrogens (tertiary/aromatic N) is 2. The van der Waals surface area contributed by atoms with Crippen molar-refractivity contribution in [1.82, 2.24) is 19.9 Å². The number of aromatic nitrogens is 4. The summed E-state index contributed by atoms with van der Waals surface area (Å²) in [7, 11) is 0. The molecule has 0 saturated heterocycles. The van der Waals surface area contributed by atoms with E-state index in [-0.39, 0.29) is 11.4 Å². The molecule has 2 aliphatic heterocycles. The molecule has 0 spiro atoms. The van der Waals surface area contributed by atoms with Gasteiger partial charge < -0.3 is 9.97 Å². The van der Waals surface area contributed by atoms with Gasteiger partial charge in [-0.1, -0.05) is 60.7 Å². The van der Waals surface area contributed by atoms with Gasteiger partial charge >= 0.3 is 11.3 Å². The van der Waals surface area contributed by atoms with E-state index in [2.05, 4.69) is 42.5 Å². The van der Waals surface area contributed by atoms with Crippen molar-refractivity contribution < 1.29 is 17.6 Å². The lowest BCUT2D eigenvalue weighted by Crippen LogP contribution is -2.34. The first-order chi connectivity index (χ1) is 21.1. The quantitative estimate of drug-likeness (QED) is 0.108. The summed E-state index contributed by atoms with van der Waals surface area (Å²) in [5.74, 6) is -4.80. The van der Waals surface area contributed by atoms with Crippen molar-refractivity contribution in [3.63, 3.8) is 0 Å². The van der Waals surface area contributed by atoms with Gasteiger partial charge in [0.2, 0.25) is 0 Å². The number of halogens is 6. The van der Waals surface area contributed by atoms with Crippen molar-refractivity contribution in [3.05, 3.63) is 117 Å². The van der Waals surface area contributed by atoms with Crippen molar-refractivity contribution in [2.75, 3.05) is 0 Å². The number of benzene rings is 2. The number of hydrogen-bond acceptors (Lipinski definition) is 2. The number of hydrogen-bond donors (Lipinski definition) is 2. The number of alkyl halides is 5. The van der Waals surface area contributed by atoms with E-state index >= 15 is 8.78 Å². The van der Waals surface area contributed by atoms with E-state index in [1.165, 1.54) is 24.3 Å². The summed E-state index contributed by atoms with van der Waals surface area (Å²) in [4.78, 5) is 15.9. The lowest BCUT2D eigenvalue weighted by atomic mass is 10.0. The molecule has 0 fully saturated rings. The van der Waals surface area contributed by atoms with E-state index in [0.717, 1.165) is 25.7 Å². The molecule has 10 heteroatoms. The molecule has 0 aliphatic carbocycles. The van der Waals surface area contributed by atoms with Crippen LogP contribution in [0.15, 0.2) is 84.9 Å². The molecule has 0 atom stereocenters. The average Bonchev–Trinajstić information content (AvgIpc) is 3.80. The molecule has 0 radical (unpaired) electrons. The predicted octanol–water partition coefficient (Wildman–Crippen LogP) is 10.5. The van der Waals surface area contributed by atoms with Gasteiger partial charge in [0, 0.05) is 31.2 Å². The molecule has 218 valence electrons. The smallest absolute Gasteiger partial charge is 0.355 e. The van der Waals surface area contributed by atoms with Crippen LogP contribution in [0.5, 0.6) is 0 Å². The number of aromatic amines is 2. The molecule has 2 N–H and O–H groups in total. The maximum Gasteiger partial charge on any atom is 0.388 e. The van der Waals surface area contributed by atoms with Gasteiger partial charge in [0.25, 0.3) is 0 Å². The van der Waals surface area contributed by atoms with Gasteiger partial charge in [0.15, 0.2) is 0 Å². The minimum Gasteiger partial charge on any atom is -0.355 e. The van der Waals surface area contributed by atoms with Crippen LogP contribution in [0.25, 0.3) is 68.6 Å². The molecule has 0 saturated carbocycles. The molecule has 0 unspecified atom stereocenters. The van der Waals surface area contributed by atoms with Gasteiger partial charge in [-0.2, -0.15) is 17.6 Å². The maximum atomic E-state index is 15.7. The normalized spacial score (nSPS) is 13.0. The Morgan fingerprint density at radius 3 is 1.66 bits per heavy atom. The number of rotatable bonds is 4. The van der Waals surface area contributed by atoms with E-state index in [4.69, 9.17) is 11.6 Å². The van der Waals surface area contributed by atoms with E-state index in [9.17, 15) is 8.78 Å². The molecular weight excluding hydrogens is 703 g/mol. The monoisotopic (exact) mass is 722 g/mol. The van der Waals surface area contributed by atoms with E-state index in [1.54, 1.807) is 0 Å². The van der Waals surface area contributed by atoms with E-state index < -0.39 is 16.9 Å². The summed E-state index contributed by atoms with van der Waals surface area (Å²) in [6.07, 6.45) is 5.68. The lowest BCUT2D eigenvalue weighted by Gasteiger charge is -2.22. The molecule has 2 aromatic carbocycles. The van der Waals surface area contributed by atoms with Gasteiger partial charge in [-0.3, -0.25) is 0 Å². The standard InChI is InChI=1S/C34H20ClF4IN4/c35-34(38,39)33(36,37)32-26-15-13-24(42-26)30(19-7-3-1-4-8-19)23-12-11-21(41-23)17-28-22(40)18-29(44-28)31(20-9-5-2-6-10-20)25-14-16-27(32)43-25/h1-18,41,44H. The fourth-order valence-electron chi connectivity index (χ4n) is 5.45. The second kappa shape index (κ2) is 10.7. The summed E-state index contributed by atoms with van der Waals surface area (Å²) in [5.41, 5.74) is 4.56. The van der Waals surface area contributed by atoms with Crippen LogP contribution < -0.4 is 0 Å². The van der Waals surface area contributed by atoms with Gasteiger partial charge in [-0.05, 0) is 93.9 Å². The fourth-order valence-corrected chi connectivity index (χ4v) is 6.15. The zero-order valence-electron chi connectivity index (χ0n) is 22.6. The third-order valence-corrected chi connectivity index (χ3v) is 8.57. The van der Waals surface area contributed by atoms with Crippen LogP contribution in [0.2, 0.25) is 0 Å². The molecule has 4 nitrogen and oxygen atoms in total. The summed E-state index contributed by atoms with van der Waals surface area (Å²) >= 11 is 7.30. The van der Waals surface area contributed by atoms with E-state index in [0.29, 0.717) is 33.5 Å². The van der Waals surface area contributed by atoms with Crippen LogP contribution in [0.3, 0.4) is 0 Å². The maximum absolute atomic E-state index is 15.7. The third-order valence-electron chi connectivity index (χ3n) is 7.44. The third kappa shape index (κ3) is 4.93. The second-order valence-electron chi connectivity index (χ2n) is 10.3. The molecule has 8 bridgehead atoms. The molecule has 3 aromatic heterocycles. The Bertz CT molecular complexity index is 2150. The van der Waals surface area contributed by atoms with Crippen LogP contribution in [0.4, 0.5) is 17.6 Å². The highest BCUT2D eigenvalue weighted by Gasteiger charge is 2.58. The van der Waals surface area contributed by atoms with Crippen LogP contribution in [0.1, 0.15) is 28.3 Å². The average molecular weight is 723 g/mol. The summed E-state index contributed by atoms with van der Waals surface area (Å²) in [6, 6.07) is 26.3. The Kier molecular flexibility index (Phi) is 6.97. The SMILES string of the molecule is FC(F)(Cl)C(F)(F)c1c2nc(c(-c3ccccc3)c3ccc(cc4[nH]c(cc4I)c(-c4ccccc4)c4nc1C=C4)[nH]3)C=C2. The molecule has 5 aromatic rings. The Morgan fingerprint density at radius 2 is 1.11 bits per heavy atom.